The van der Waals surface area contributed by atoms with E-state index in [4.69, 9.17) is 17.3 Å². The molecule has 6 heteroatoms. The molecule has 0 saturated carbocycles. The average Bonchev–Trinajstić information content (AvgIpc) is 2.47. The third-order valence-corrected chi connectivity index (χ3v) is 2.58. The molecule has 0 aliphatic carbocycles. The molecule has 100 valence electrons. The summed E-state index contributed by atoms with van der Waals surface area (Å²) in [6, 6.07) is 4.85. The van der Waals surface area contributed by atoms with Crippen molar-refractivity contribution in [2.75, 3.05) is 11.9 Å². The molecule has 0 fully saturated rings. The summed E-state index contributed by atoms with van der Waals surface area (Å²) in [6.07, 6.45) is 4.50. The quantitative estimate of drug-likeness (QED) is 0.823. The van der Waals surface area contributed by atoms with Crippen LogP contribution in [0.2, 0.25) is 5.02 Å². The maximum absolute atomic E-state index is 12.2. The van der Waals surface area contributed by atoms with Crippen molar-refractivity contribution in [2.45, 2.75) is 0 Å². The van der Waals surface area contributed by atoms with Crippen LogP contribution in [0.3, 0.4) is 0 Å². The number of hydrogen-bond acceptors (Lipinski definition) is 4. The zero-order valence-electron chi connectivity index (χ0n) is 10.4. The van der Waals surface area contributed by atoms with Crippen LogP contribution in [-0.2, 0) is 0 Å². The lowest BCUT2D eigenvalue weighted by Gasteiger charge is -2.05. The van der Waals surface area contributed by atoms with Crippen molar-refractivity contribution in [3.05, 3.63) is 52.9 Å². The number of nitrogens with two attached hydrogens (primary N) is 1. The third kappa shape index (κ3) is 3.54. The molecule has 5 nitrogen and oxygen atoms in total. The van der Waals surface area contributed by atoms with Gasteiger partial charge in [-0.1, -0.05) is 23.4 Å². The van der Waals surface area contributed by atoms with Gasteiger partial charge in [0, 0.05) is 18.6 Å². The number of anilines is 1. The first-order valence-corrected chi connectivity index (χ1v) is 6.14. The minimum absolute atomic E-state index is 0.217. The van der Waals surface area contributed by atoms with E-state index in [1.807, 2.05) is 0 Å². The topological polar surface area (TPSA) is 80.9 Å². The molecule has 0 aromatic carbocycles. The standard InChI is InChI=1S/C14H11ClN4O/c15-11-3-4-13(18-9-11)19-14(20)12-5-7-17-8-10(12)2-1-6-16/h3-5,7-9H,6,16H2,(H,18,19,20). The molecular formula is C14H11ClN4O. The molecule has 0 unspecified atom stereocenters. The SMILES string of the molecule is NCC#Cc1cnccc1C(=O)Nc1ccc(Cl)cn1. The van der Waals surface area contributed by atoms with Crippen LogP contribution >= 0.6 is 11.6 Å². The second kappa shape index (κ2) is 6.66. The molecule has 1 amide bonds. The summed E-state index contributed by atoms with van der Waals surface area (Å²) in [6.45, 7) is 0.217. The van der Waals surface area contributed by atoms with Crippen LogP contribution in [0.1, 0.15) is 15.9 Å². The van der Waals surface area contributed by atoms with Crippen molar-refractivity contribution in [3.8, 4) is 11.8 Å². The monoisotopic (exact) mass is 286 g/mol. The van der Waals surface area contributed by atoms with E-state index in [9.17, 15) is 4.79 Å². The van der Waals surface area contributed by atoms with Gasteiger partial charge in [0.2, 0.25) is 0 Å². The van der Waals surface area contributed by atoms with E-state index in [0.29, 0.717) is 22.0 Å². The lowest BCUT2D eigenvalue weighted by molar-refractivity contribution is 0.102. The molecular weight excluding hydrogens is 276 g/mol. The number of aromatic nitrogens is 2. The smallest absolute Gasteiger partial charge is 0.258 e. The Morgan fingerprint density at radius 1 is 1.35 bits per heavy atom. The number of pyridine rings is 2. The minimum Gasteiger partial charge on any atom is -0.320 e. The van der Waals surface area contributed by atoms with E-state index >= 15 is 0 Å². The number of nitrogens with one attached hydrogen (secondary N) is 1. The summed E-state index contributed by atoms with van der Waals surface area (Å²) >= 11 is 5.73. The Balaban J connectivity index is 2.23. The molecule has 0 radical (unpaired) electrons. The molecule has 2 aromatic rings. The fourth-order valence-electron chi connectivity index (χ4n) is 1.47. The molecule has 0 spiro atoms. The van der Waals surface area contributed by atoms with E-state index in [1.54, 1.807) is 18.2 Å². The van der Waals surface area contributed by atoms with Crippen LogP contribution in [0.5, 0.6) is 0 Å². The van der Waals surface area contributed by atoms with Gasteiger partial charge in [0.15, 0.2) is 0 Å². The summed E-state index contributed by atoms with van der Waals surface area (Å²) in [5.41, 5.74) is 6.26. The van der Waals surface area contributed by atoms with Crippen molar-refractivity contribution >= 4 is 23.3 Å². The Kier molecular flexibility index (Phi) is 4.66. The van der Waals surface area contributed by atoms with Gasteiger partial charge in [0.25, 0.3) is 5.91 Å². The van der Waals surface area contributed by atoms with Gasteiger partial charge in [-0.05, 0) is 18.2 Å². The molecule has 0 saturated heterocycles. The van der Waals surface area contributed by atoms with Crippen molar-refractivity contribution in [1.82, 2.24) is 9.97 Å². The van der Waals surface area contributed by atoms with Crippen LogP contribution in [-0.4, -0.2) is 22.4 Å². The number of carbonyl (C=O) groups is 1. The fraction of sp³-hybridized carbons (Fsp3) is 0.0714. The number of halogens is 1. The summed E-state index contributed by atoms with van der Waals surface area (Å²) < 4.78 is 0. The van der Waals surface area contributed by atoms with Crippen LogP contribution in [0.25, 0.3) is 0 Å². The van der Waals surface area contributed by atoms with Crippen molar-refractivity contribution < 1.29 is 4.79 Å². The largest absolute Gasteiger partial charge is 0.320 e. The Hall–Kier alpha value is -2.42. The summed E-state index contributed by atoms with van der Waals surface area (Å²) in [5.74, 6) is 5.60. The number of amides is 1. The van der Waals surface area contributed by atoms with Gasteiger partial charge in [0.1, 0.15) is 5.82 Å². The van der Waals surface area contributed by atoms with E-state index in [-0.39, 0.29) is 12.5 Å². The molecule has 2 rings (SSSR count). The van der Waals surface area contributed by atoms with E-state index in [1.165, 1.54) is 18.6 Å². The number of rotatable bonds is 2. The zero-order chi connectivity index (χ0) is 14.4. The molecule has 20 heavy (non-hydrogen) atoms. The molecule has 3 N–H and O–H groups in total. The highest BCUT2D eigenvalue weighted by Crippen LogP contribution is 2.12. The van der Waals surface area contributed by atoms with Gasteiger partial charge in [-0.2, -0.15) is 0 Å². The highest BCUT2D eigenvalue weighted by atomic mass is 35.5. The Bertz CT molecular complexity index is 674. The van der Waals surface area contributed by atoms with Crippen molar-refractivity contribution in [3.63, 3.8) is 0 Å². The predicted octanol–water partition coefficient (Wildman–Crippen LogP) is 1.69. The first kappa shape index (κ1) is 14.0. The summed E-state index contributed by atoms with van der Waals surface area (Å²) in [4.78, 5) is 20.1. The molecule has 2 aromatic heterocycles. The summed E-state index contributed by atoms with van der Waals surface area (Å²) in [5, 5.41) is 3.17. The first-order valence-electron chi connectivity index (χ1n) is 5.76. The second-order valence-corrected chi connectivity index (χ2v) is 4.18. The molecule has 0 aliphatic heterocycles. The number of carbonyl (C=O) groups excluding carboxylic acids is 1. The molecule has 0 atom stereocenters. The van der Waals surface area contributed by atoms with Gasteiger partial charge in [-0.3, -0.25) is 9.78 Å². The first-order chi connectivity index (χ1) is 9.70. The molecule has 2 heterocycles. The minimum atomic E-state index is -0.316. The summed E-state index contributed by atoms with van der Waals surface area (Å²) in [7, 11) is 0. The molecule has 0 bridgehead atoms. The van der Waals surface area contributed by atoms with Crippen LogP contribution in [0.4, 0.5) is 5.82 Å². The van der Waals surface area contributed by atoms with Gasteiger partial charge in [-0.25, -0.2) is 4.98 Å². The van der Waals surface area contributed by atoms with Gasteiger partial charge in [-0.15, -0.1) is 0 Å². The van der Waals surface area contributed by atoms with Crippen LogP contribution < -0.4 is 11.1 Å². The maximum atomic E-state index is 12.2. The van der Waals surface area contributed by atoms with Crippen LogP contribution in [0.15, 0.2) is 36.8 Å². The van der Waals surface area contributed by atoms with Gasteiger partial charge in [0.05, 0.1) is 22.7 Å². The van der Waals surface area contributed by atoms with Gasteiger partial charge >= 0.3 is 0 Å². The Labute approximate surface area is 121 Å². The average molecular weight is 287 g/mol. The van der Waals surface area contributed by atoms with E-state index in [2.05, 4.69) is 27.1 Å². The third-order valence-electron chi connectivity index (χ3n) is 2.36. The number of nitrogens with zero attached hydrogens (tertiary/aromatic N) is 2. The predicted molar refractivity (Wildman–Crippen MR) is 77.4 cm³/mol. The van der Waals surface area contributed by atoms with Crippen LogP contribution in [0, 0.1) is 11.8 Å². The second-order valence-electron chi connectivity index (χ2n) is 3.74. The lowest BCUT2D eigenvalue weighted by Crippen LogP contribution is -2.14. The maximum Gasteiger partial charge on any atom is 0.258 e. The zero-order valence-corrected chi connectivity index (χ0v) is 11.2. The Morgan fingerprint density at radius 3 is 2.90 bits per heavy atom. The molecule has 0 aliphatic rings. The Morgan fingerprint density at radius 2 is 2.20 bits per heavy atom. The van der Waals surface area contributed by atoms with Gasteiger partial charge < -0.3 is 11.1 Å². The van der Waals surface area contributed by atoms with E-state index in [0.717, 1.165) is 0 Å². The normalized spacial score (nSPS) is 9.50. The highest BCUT2D eigenvalue weighted by molar-refractivity contribution is 6.30. The lowest BCUT2D eigenvalue weighted by atomic mass is 10.1. The van der Waals surface area contributed by atoms with E-state index < -0.39 is 0 Å². The number of hydrogen-bond donors (Lipinski definition) is 2. The van der Waals surface area contributed by atoms with Crippen molar-refractivity contribution in [1.29, 1.82) is 0 Å². The fourth-order valence-corrected chi connectivity index (χ4v) is 1.58. The highest BCUT2D eigenvalue weighted by Gasteiger charge is 2.10. The van der Waals surface area contributed by atoms with Crippen molar-refractivity contribution in [2.24, 2.45) is 5.73 Å².